The fraction of sp³-hybridized carbons (Fsp3) is 0.273. The highest BCUT2D eigenvalue weighted by Crippen LogP contribution is 2.38. The number of anilines is 1. The largest absolute Gasteiger partial charge is 0.347 e. The van der Waals surface area contributed by atoms with Crippen molar-refractivity contribution in [1.29, 1.82) is 0 Å². The van der Waals surface area contributed by atoms with Crippen LogP contribution in [-0.4, -0.2) is 46.4 Å². The van der Waals surface area contributed by atoms with E-state index in [0.717, 1.165) is 29.7 Å². The van der Waals surface area contributed by atoms with E-state index in [4.69, 9.17) is 16.6 Å². The highest BCUT2D eigenvalue weighted by molar-refractivity contribution is 6.30. The molecule has 7 heteroatoms. The molecule has 6 nitrogen and oxygen atoms in total. The van der Waals surface area contributed by atoms with E-state index in [2.05, 4.69) is 9.97 Å². The van der Waals surface area contributed by atoms with E-state index in [1.54, 1.807) is 12.3 Å². The summed E-state index contributed by atoms with van der Waals surface area (Å²) in [6.07, 6.45) is 5.25. The number of hydrogen-bond acceptors (Lipinski definition) is 5. The molecule has 1 aromatic carbocycles. The number of benzene rings is 1. The van der Waals surface area contributed by atoms with Crippen LogP contribution in [0.25, 0.3) is 11.1 Å². The van der Waals surface area contributed by atoms with Gasteiger partial charge in [0, 0.05) is 43.6 Å². The van der Waals surface area contributed by atoms with Gasteiger partial charge in [0.1, 0.15) is 5.69 Å². The number of halogens is 1. The molecule has 1 amide bonds. The van der Waals surface area contributed by atoms with Crippen LogP contribution in [0.3, 0.4) is 0 Å². The maximum atomic E-state index is 13.1. The van der Waals surface area contributed by atoms with Crippen molar-refractivity contribution < 1.29 is 4.79 Å². The van der Waals surface area contributed by atoms with Gasteiger partial charge in [-0.25, -0.2) is 9.97 Å². The molecule has 2 aromatic heterocycles. The predicted molar refractivity (Wildman–Crippen MR) is 114 cm³/mol. The number of rotatable bonds is 4. The third kappa shape index (κ3) is 3.93. The van der Waals surface area contributed by atoms with E-state index in [0.29, 0.717) is 23.2 Å². The van der Waals surface area contributed by atoms with Gasteiger partial charge in [-0.1, -0.05) is 29.8 Å². The number of carbonyl (C=O) groups excluding carboxylic acids is 1. The third-order valence-corrected chi connectivity index (χ3v) is 5.33. The molecular formula is C22H22ClN5O. The van der Waals surface area contributed by atoms with Crippen LogP contribution in [-0.2, 0) is 0 Å². The van der Waals surface area contributed by atoms with Gasteiger partial charge in [0.2, 0.25) is 5.95 Å². The molecule has 0 N–H and O–H groups in total. The van der Waals surface area contributed by atoms with Crippen LogP contribution in [0.2, 0.25) is 5.02 Å². The molecule has 0 bridgehead atoms. The van der Waals surface area contributed by atoms with Gasteiger partial charge >= 0.3 is 0 Å². The van der Waals surface area contributed by atoms with Gasteiger partial charge in [-0.05, 0) is 42.7 Å². The summed E-state index contributed by atoms with van der Waals surface area (Å²) in [7, 11) is 3.82. The Morgan fingerprint density at radius 2 is 1.93 bits per heavy atom. The Balaban J connectivity index is 1.78. The molecule has 3 heterocycles. The molecular weight excluding hydrogens is 386 g/mol. The van der Waals surface area contributed by atoms with Crippen molar-refractivity contribution in [2.45, 2.75) is 18.9 Å². The first-order valence-electron chi connectivity index (χ1n) is 9.57. The molecule has 0 spiro atoms. The number of pyridine rings is 1. The Morgan fingerprint density at radius 3 is 2.62 bits per heavy atom. The lowest BCUT2D eigenvalue weighted by Gasteiger charge is -2.26. The van der Waals surface area contributed by atoms with Crippen LogP contribution in [0.5, 0.6) is 0 Å². The van der Waals surface area contributed by atoms with Crippen molar-refractivity contribution in [3.8, 4) is 11.1 Å². The standard InChI is InChI=1S/C22H22ClN5O/c1-27(2)22-25-14-17(15-8-10-16(23)11-9-15)20(26-22)19-7-5-13-28(19)21(29)18-6-3-4-12-24-18/h3-4,6,8-12,14,19H,5,7,13H2,1-2H3. The lowest BCUT2D eigenvalue weighted by atomic mass is 9.99. The molecule has 1 unspecified atom stereocenters. The summed E-state index contributed by atoms with van der Waals surface area (Å²) in [5.74, 6) is 0.551. The summed E-state index contributed by atoms with van der Waals surface area (Å²) in [5, 5.41) is 0.675. The van der Waals surface area contributed by atoms with Gasteiger partial charge in [-0.15, -0.1) is 0 Å². The van der Waals surface area contributed by atoms with Gasteiger partial charge in [0.15, 0.2) is 0 Å². The maximum Gasteiger partial charge on any atom is 0.273 e. The average molecular weight is 408 g/mol. The summed E-state index contributed by atoms with van der Waals surface area (Å²) in [6, 6.07) is 12.9. The second-order valence-electron chi connectivity index (χ2n) is 7.24. The molecule has 1 aliphatic heterocycles. The SMILES string of the molecule is CN(C)c1ncc(-c2ccc(Cl)cc2)c(C2CCCN2C(=O)c2ccccn2)n1. The van der Waals surface area contributed by atoms with E-state index in [-0.39, 0.29) is 11.9 Å². The molecule has 1 fully saturated rings. The Bertz CT molecular complexity index is 1010. The van der Waals surface area contributed by atoms with E-state index in [1.807, 2.05) is 66.5 Å². The zero-order valence-electron chi connectivity index (χ0n) is 16.4. The molecule has 0 radical (unpaired) electrons. The quantitative estimate of drug-likeness (QED) is 0.647. The number of carbonyl (C=O) groups is 1. The fourth-order valence-corrected chi connectivity index (χ4v) is 3.76. The lowest BCUT2D eigenvalue weighted by Crippen LogP contribution is -2.32. The minimum Gasteiger partial charge on any atom is -0.347 e. The van der Waals surface area contributed by atoms with E-state index < -0.39 is 0 Å². The Hall–Kier alpha value is -2.99. The number of amides is 1. The number of nitrogens with zero attached hydrogens (tertiary/aromatic N) is 5. The molecule has 1 saturated heterocycles. The second-order valence-corrected chi connectivity index (χ2v) is 7.68. The molecule has 1 aliphatic rings. The van der Waals surface area contributed by atoms with Crippen LogP contribution < -0.4 is 4.90 Å². The van der Waals surface area contributed by atoms with E-state index in [1.165, 1.54) is 0 Å². The number of likely N-dealkylation sites (tertiary alicyclic amines) is 1. The van der Waals surface area contributed by atoms with Gasteiger partial charge in [0.25, 0.3) is 5.91 Å². The normalized spacial score (nSPS) is 16.1. The van der Waals surface area contributed by atoms with Crippen LogP contribution in [0.4, 0.5) is 5.95 Å². The van der Waals surface area contributed by atoms with E-state index >= 15 is 0 Å². The monoisotopic (exact) mass is 407 g/mol. The van der Waals surface area contributed by atoms with Gasteiger partial charge in [-0.3, -0.25) is 9.78 Å². The molecule has 4 rings (SSSR count). The van der Waals surface area contributed by atoms with Crippen molar-refractivity contribution in [1.82, 2.24) is 19.9 Å². The van der Waals surface area contributed by atoms with Crippen molar-refractivity contribution in [2.24, 2.45) is 0 Å². The summed E-state index contributed by atoms with van der Waals surface area (Å²) >= 11 is 6.07. The zero-order valence-corrected chi connectivity index (χ0v) is 17.2. The minimum atomic E-state index is -0.128. The Morgan fingerprint density at radius 1 is 1.14 bits per heavy atom. The topological polar surface area (TPSA) is 62.2 Å². The van der Waals surface area contributed by atoms with Crippen LogP contribution in [0.1, 0.15) is 35.1 Å². The highest BCUT2D eigenvalue weighted by atomic mass is 35.5. The van der Waals surface area contributed by atoms with Gasteiger partial charge in [-0.2, -0.15) is 0 Å². The molecule has 0 aliphatic carbocycles. The third-order valence-electron chi connectivity index (χ3n) is 5.07. The number of hydrogen-bond donors (Lipinski definition) is 0. The minimum absolute atomic E-state index is 0.0693. The Labute approximate surface area is 175 Å². The highest BCUT2D eigenvalue weighted by Gasteiger charge is 2.34. The lowest BCUT2D eigenvalue weighted by molar-refractivity contribution is 0.0727. The Kier molecular flexibility index (Phi) is 5.45. The first-order chi connectivity index (χ1) is 14.0. The van der Waals surface area contributed by atoms with Crippen LogP contribution in [0.15, 0.2) is 54.9 Å². The number of aromatic nitrogens is 3. The van der Waals surface area contributed by atoms with Crippen LogP contribution in [0, 0.1) is 0 Å². The zero-order chi connectivity index (χ0) is 20.4. The van der Waals surface area contributed by atoms with Gasteiger partial charge < -0.3 is 9.80 Å². The molecule has 148 valence electrons. The first kappa shape index (κ1) is 19.3. The maximum absolute atomic E-state index is 13.1. The summed E-state index contributed by atoms with van der Waals surface area (Å²) in [5.41, 5.74) is 3.20. The van der Waals surface area contributed by atoms with Crippen molar-refractivity contribution in [3.05, 3.63) is 71.3 Å². The predicted octanol–water partition coefficient (Wildman–Crippen LogP) is 4.24. The van der Waals surface area contributed by atoms with Crippen molar-refractivity contribution in [3.63, 3.8) is 0 Å². The van der Waals surface area contributed by atoms with Crippen molar-refractivity contribution >= 4 is 23.5 Å². The smallest absolute Gasteiger partial charge is 0.273 e. The molecule has 3 aromatic rings. The summed E-state index contributed by atoms with van der Waals surface area (Å²) < 4.78 is 0. The van der Waals surface area contributed by atoms with Gasteiger partial charge in [0.05, 0.1) is 11.7 Å². The van der Waals surface area contributed by atoms with E-state index in [9.17, 15) is 4.79 Å². The summed E-state index contributed by atoms with van der Waals surface area (Å²) in [6.45, 7) is 0.682. The first-order valence-corrected chi connectivity index (χ1v) is 9.94. The molecule has 0 saturated carbocycles. The molecule has 1 atom stereocenters. The van der Waals surface area contributed by atoms with Crippen LogP contribution >= 0.6 is 11.6 Å². The molecule has 29 heavy (non-hydrogen) atoms. The average Bonchev–Trinajstić information content (AvgIpc) is 3.23. The summed E-state index contributed by atoms with van der Waals surface area (Å²) in [4.78, 5) is 30.5. The fourth-order valence-electron chi connectivity index (χ4n) is 3.64. The van der Waals surface area contributed by atoms with Crippen molar-refractivity contribution in [2.75, 3.05) is 25.5 Å². The second kappa shape index (κ2) is 8.17.